The lowest BCUT2D eigenvalue weighted by molar-refractivity contribution is -0.308. The monoisotopic (exact) mass is 259 g/mol. The van der Waals surface area contributed by atoms with Gasteiger partial charge in [-0.1, -0.05) is 0 Å². The maximum Gasteiger partial charge on any atom is 0.407 e. The molecule has 0 aromatic rings. The molecular weight excluding hydrogens is 240 g/mol. The summed E-state index contributed by atoms with van der Waals surface area (Å²) >= 11 is 0. The highest BCUT2D eigenvalue weighted by atomic mass is 16.6. The van der Waals surface area contributed by atoms with Crippen LogP contribution in [0, 0.1) is 0 Å². The van der Waals surface area contributed by atoms with Gasteiger partial charge in [0.25, 0.3) is 0 Å². The Balaban J connectivity index is 4.03. The van der Waals surface area contributed by atoms with Crippen LogP contribution >= 0.6 is 0 Å². The van der Waals surface area contributed by atoms with Gasteiger partial charge in [-0.2, -0.15) is 0 Å². The highest BCUT2D eigenvalue weighted by Gasteiger charge is 2.16. The quantitative estimate of drug-likeness (QED) is 0.669. The van der Waals surface area contributed by atoms with Crippen molar-refractivity contribution in [2.45, 2.75) is 45.8 Å². The number of ether oxygens (including phenoxy) is 1. The number of aliphatic carboxylic acids is 1. The van der Waals surface area contributed by atoms with E-state index in [4.69, 9.17) is 4.74 Å². The molecule has 0 fully saturated rings. The van der Waals surface area contributed by atoms with Crippen LogP contribution in [0.15, 0.2) is 0 Å². The molecule has 1 atom stereocenters. The molecule has 0 aliphatic rings. The van der Waals surface area contributed by atoms with Crippen molar-refractivity contribution < 1.29 is 24.2 Å². The van der Waals surface area contributed by atoms with Crippen molar-refractivity contribution in [3.8, 4) is 0 Å². The van der Waals surface area contributed by atoms with Crippen LogP contribution in [0.4, 0.5) is 4.79 Å². The van der Waals surface area contributed by atoms with Gasteiger partial charge < -0.3 is 25.3 Å². The lowest BCUT2D eigenvalue weighted by atomic mass is 10.2. The van der Waals surface area contributed by atoms with E-state index in [-0.39, 0.29) is 13.0 Å². The standard InChI is InChI=1S/C11H20N2O5/c1-7(14)13-8(9(15)16)5-6-12-10(17)18-11(2,3)4/h8H,5-6H2,1-4H3,(H,12,17)(H,13,14)(H,15,16)/p-1/t8-/m0/s1. The molecule has 0 rings (SSSR count). The number of rotatable bonds is 5. The Kier molecular flexibility index (Phi) is 6.15. The first kappa shape index (κ1) is 16.2. The number of alkyl carbamates (subject to hydrolysis) is 1. The Hall–Kier alpha value is -1.79. The van der Waals surface area contributed by atoms with Gasteiger partial charge in [-0.05, 0) is 27.2 Å². The number of carbonyl (C=O) groups is 3. The minimum absolute atomic E-state index is 0.0289. The van der Waals surface area contributed by atoms with Crippen LogP contribution in [0.3, 0.4) is 0 Å². The smallest absolute Gasteiger partial charge is 0.407 e. The van der Waals surface area contributed by atoms with Gasteiger partial charge in [0, 0.05) is 13.5 Å². The first-order valence-corrected chi connectivity index (χ1v) is 5.56. The van der Waals surface area contributed by atoms with Gasteiger partial charge in [-0.3, -0.25) is 4.79 Å². The summed E-state index contributed by atoms with van der Waals surface area (Å²) in [5.41, 5.74) is -0.616. The molecule has 0 spiro atoms. The molecule has 0 saturated heterocycles. The van der Waals surface area contributed by atoms with Crippen LogP contribution in [0.5, 0.6) is 0 Å². The Morgan fingerprint density at radius 3 is 2.22 bits per heavy atom. The third-order valence-corrected chi connectivity index (χ3v) is 1.76. The molecule has 18 heavy (non-hydrogen) atoms. The third kappa shape index (κ3) is 8.37. The summed E-state index contributed by atoms with van der Waals surface area (Å²) in [4.78, 5) is 32.6. The first-order valence-electron chi connectivity index (χ1n) is 5.56. The highest BCUT2D eigenvalue weighted by Crippen LogP contribution is 2.06. The van der Waals surface area contributed by atoms with Crippen molar-refractivity contribution in [3.05, 3.63) is 0 Å². The molecule has 2 amide bonds. The van der Waals surface area contributed by atoms with Crippen molar-refractivity contribution in [1.29, 1.82) is 0 Å². The first-order chi connectivity index (χ1) is 8.11. The normalized spacial score (nSPS) is 12.4. The molecule has 0 saturated carbocycles. The van der Waals surface area contributed by atoms with Gasteiger partial charge >= 0.3 is 6.09 Å². The van der Waals surface area contributed by atoms with Crippen molar-refractivity contribution in [2.24, 2.45) is 0 Å². The number of nitrogens with one attached hydrogen (secondary N) is 2. The molecule has 0 aromatic heterocycles. The van der Waals surface area contributed by atoms with Crippen LogP contribution in [0.2, 0.25) is 0 Å². The fourth-order valence-electron chi connectivity index (χ4n) is 1.13. The SMILES string of the molecule is CC(=O)N[C@@H](CCNC(=O)OC(C)(C)C)C(=O)[O-]. The van der Waals surface area contributed by atoms with Gasteiger partial charge in [-0.25, -0.2) is 4.79 Å². The van der Waals surface area contributed by atoms with E-state index in [0.29, 0.717) is 0 Å². The van der Waals surface area contributed by atoms with Crippen LogP contribution in [0.1, 0.15) is 34.1 Å². The minimum atomic E-state index is -1.39. The van der Waals surface area contributed by atoms with Gasteiger partial charge in [0.15, 0.2) is 0 Å². The second kappa shape index (κ2) is 6.83. The largest absolute Gasteiger partial charge is 0.548 e. The Morgan fingerprint density at radius 1 is 1.28 bits per heavy atom. The number of carbonyl (C=O) groups excluding carboxylic acids is 3. The van der Waals surface area contributed by atoms with E-state index >= 15 is 0 Å². The van der Waals surface area contributed by atoms with E-state index in [0.717, 1.165) is 0 Å². The molecular formula is C11H19N2O5-. The maximum absolute atomic E-state index is 11.2. The molecule has 7 heteroatoms. The fraction of sp³-hybridized carbons (Fsp3) is 0.727. The van der Waals surface area contributed by atoms with Crippen LogP contribution in [-0.4, -0.2) is 36.2 Å². The number of amides is 2. The summed E-state index contributed by atoms with van der Waals surface area (Å²) in [5, 5.41) is 15.3. The van der Waals surface area contributed by atoms with E-state index < -0.39 is 29.6 Å². The summed E-state index contributed by atoms with van der Waals surface area (Å²) in [6, 6.07) is -1.13. The average molecular weight is 259 g/mol. The molecule has 0 bridgehead atoms. The summed E-state index contributed by atoms with van der Waals surface area (Å²) < 4.78 is 4.96. The van der Waals surface area contributed by atoms with E-state index in [1.807, 2.05) is 0 Å². The summed E-state index contributed by atoms with van der Waals surface area (Å²) in [6.45, 7) is 6.42. The van der Waals surface area contributed by atoms with Crippen molar-refractivity contribution in [3.63, 3.8) is 0 Å². The van der Waals surface area contributed by atoms with E-state index in [1.165, 1.54) is 6.92 Å². The molecule has 0 heterocycles. The Morgan fingerprint density at radius 2 is 1.83 bits per heavy atom. The third-order valence-electron chi connectivity index (χ3n) is 1.76. The number of carboxylic acid groups (broad SMARTS) is 1. The topological polar surface area (TPSA) is 108 Å². The molecule has 2 N–H and O–H groups in total. The van der Waals surface area contributed by atoms with Crippen molar-refractivity contribution in [1.82, 2.24) is 10.6 Å². The van der Waals surface area contributed by atoms with Gasteiger partial charge in [0.05, 0.1) is 12.0 Å². The zero-order chi connectivity index (χ0) is 14.3. The minimum Gasteiger partial charge on any atom is -0.548 e. The van der Waals surface area contributed by atoms with Crippen LogP contribution < -0.4 is 15.7 Å². The fourth-order valence-corrected chi connectivity index (χ4v) is 1.13. The Labute approximate surface area is 106 Å². The highest BCUT2D eigenvalue weighted by molar-refractivity contribution is 5.81. The maximum atomic E-state index is 11.2. The van der Waals surface area contributed by atoms with Gasteiger partial charge in [-0.15, -0.1) is 0 Å². The van der Waals surface area contributed by atoms with E-state index in [2.05, 4.69) is 10.6 Å². The molecule has 0 aliphatic carbocycles. The van der Waals surface area contributed by atoms with Gasteiger partial charge in [0.1, 0.15) is 5.60 Å². The number of carboxylic acids is 1. The average Bonchev–Trinajstić information content (AvgIpc) is 2.12. The van der Waals surface area contributed by atoms with Crippen LogP contribution in [0.25, 0.3) is 0 Å². The summed E-state index contributed by atoms with van der Waals surface area (Å²) in [7, 11) is 0. The number of hydrogen-bond acceptors (Lipinski definition) is 5. The molecule has 7 nitrogen and oxygen atoms in total. The predicted molar refractivity (Wildman–Crippen MR) is 61.5 cm³/mol. The van der Waals surface area contributed by atoms with Gasteiger partial charge in [0.2, 0.25) is 5.91 Å². The lowest BCUT2D eigenvalue weighted by Crippen LogP contribution is -2.48. The van der Waals surface area contributed by atoms with E-state index in [9.17, 15) is 19.5 Å². The van der Waals surface area contributed by atoms with Crippen molar-refractivity contribution >= 4 is 18.0 Å². The van der Waals surface area contributed by atoms with Crippen molar-refractivity contribution in [2.75, 3.05) is 6.54 Å². The molecule has 0 aliphatic heterocycles. The van der Waals surface area contributed by atoms with Crippen LogP contribution in [-0.2, 0) is 14.3 Å². The molecule has 0 aromatic carbocycles. The predicted octanol–water partition coefficient (Wildman–Crippen LogP) is -0.844. The lowest BCUT2D eigenvalue weighted by Gasteiger charge is -2.21. The summed E-state index contributed by atoms with van der Waals surface area (Å²) in [5.74, 6) is -1.86. The molecule has 0 unspecified atom stereocenters. The number of hydrogen-bond donors (Lipinski definition) is 2. The zero-order valence-corrected chi connectivity index (χ0v) is 11.0. The Bertz CT molecular complexity index is 322. The molecule has 104 valence electrons. The zero-order valence-electron chi connectivity index (χ0n) is 11.0. The molecule has 0 radical (unpaired) electrons. The van der Waals surface area contributed by atoms with E-state index in [1.54, 1.807) is 20.8 Å². The summed E-state index contributed by atoms with van der Waals surface area (Å²) in [6.07, 6.45) is -0.608. The second-order valence-electron chi connectivity index (χ2n) is 4.79. The second-order valence-corrected chi connectivity index (χ2v) is 4.79.